The number of carboxylic acids is 1. The summed E-state index contributed by atoms with van der Waals surface area (Å²) >= 11 is 0. The number of carbonyl (C=O) groups excluding carboxylic acids is 1. The molecule has 19 heavy (non-hydrogen) atoms. The maximum atomic E-state index is 12.0. The average Bonchev–Trinajstić information content (AvgIpc) is 3.17. The zero-order chi connectivity index (χ0) is 13.8. The van der Waals surface area contributed by atoms with Crippen LogP contribution in [0.25, 0.3) is 0 Å². The molecule has 1 N–H and O–H groups in total. The van der Waals surface area contributed by atoms with E-state index in [1.165, 1.54) is 12.8 Å². The summed E-state index contributed by atoms with van der Waals surface area (Å²) in [7, 11) is 0. The molecule has 2 fully saturated rings. The first-order chi connectivity index (χ1) is 9.06. The lowest BCUT2D eigenvalue weighted by Crippen LogP contribution is -2.45. The van der Waals surface area contributed by atoms with Crippen molar-refractivity contribution in [2.75, 3.05) is 26.3 Å². The molecule has 2 aliphatic rings. The fraction of sp³-hybridized carbons (Fsp3) is 0.857. The van der Waals surface area contributed by atoms with E-state index < -0.39 is 11.9 Å². The third-order valence-electron chi connectivity index (χ3n) is 3.87. The Hall–Kier alpha value is -1.10. The predicted molar refractivity (Wildman–Crippen MR) is 69.6 cm³/mol. The maximum Gasteiger partial charge on any atom is 0.308 e. The molecule has 1 aliphatic heterocycles. The fourth-order valence-corrected chi connectivity index (χ4v) is 2.59. The number of likely N-dealkylation sites (tertiary alicyclic amines) is 1. The van der Waals surface area contributed by atoms with Crippen LogP contribution in [-0.4, -0.2) is 48.2 Å². The second kappa shape index (κ2) is 6.37. The number of ether oxygens (including phenoxy) is 1. The average molecular weight is 269 g/mol. The lowest BCUT2D eigenvalue weighted by atomic mass is 9.90. The first-order valence-electron chi connectivity index (χ1n) is 7.14. The second-order valence-electron chi connectivity index (χ2n) is 5.94. The number of aliphatic carboxylic acids is 1. The number of piperidine rings is 1. The molecule has 2 rings (SSSR count). The van der Waals surface area contributed by atoms with Crippen molar-refractivity contribution in [3.63, 3.8) is 0 Å². The minimum atomic E-state index is -0.797. The van der Waals surface area contributed by atoms with Gasteiger partial charge in [-0.1, -0.05) is 6.92 Å². The van der Waals surface area contributed by atoms with Gasteiger partial charge in [-0.25, -0.2) is 0 Å². The van der Waals surface area contributed by atoms with Crippen molar-refractivity contribution in [1.82, 2.24) is 4.90 Å². The summed E-state index contributed by atoms with van der Waals surface area (Å²) in [5, 5.41) is 9.08. The number of carbonyl (C=O) groups is 2. The number of hydrogen-bond acceptors (Lipinski definition) is 3. The summed E-state index contributed by atoms with van der Waals surface area (Å²) in [5.74, 6) is -0.226. The van der Waals surface area contributed by atoms with E-state index in [9.17, 15) is 9.59 Å². The largest absolute Gasteiger partial charge is 0.481 e. The van der Waals surface area contributed by atoms with Gasteiger partial charge in [0.05, 0.1) is 18.9 Å². The third kappa shape index (κ3) is 4.49. The van der Waals surface area contributed by atoms with Crippen LogP contribution in [0.3, 0.4) is 0 Å². The third-order valence-corrected chi connectivity index (χ3v) is 3.87. The molecule has 0 radical (unpaired) electrons. The Labute approximate surface area is 113 Å². The zero-order valence-corrected chi connectivity index (χ0v) is 11.5. The van der Waals surface area contributed by atoms with Crippen molar-refractivity contribution in [3.8, 4) is 0 Å². The Balaban J connectivity index is 1.71. The van der Waals surface area contributed by atoms with Crippen LogP contribution in [0, 0.1) is 17.8 Å². The molecule has 5 heteroatoms. The van der Waals surface area contributed by atoms with Gasteiger partial charge in [0.2, 0.25) is 5.91 Å². The summed E-state index contributed by atoms with van der Waals surface area (Å²) in [4.78, 5) is 24.8. The van der Waals surface area contributed by atoms with E-state index in [-0.39, 0.29) is 11.8 Å². The standard InChI is InChI=1S/C14H23NO4/c1-10-6-12(14(17)18)8-15(7-10)13(16)4-5-19-9-11-2-3-11/h10-12H,2-9H2,1H3,(H,17,18). The van der Waals surface area contributed by atoms with Gasteiger partial charge in [-0.15, -0.1) is 0 Å². The molecule has 0 aromatic rings. The minimum Gasteiger partial charge on any atom is -0.481 e. The molecule has 0 aromatic heterocycles. The van der Waals surface area contributed by atoms with Crippen LogP contribution in [0.5, 0.6) is 0 Å². The minimum absolute atomic E-state index is 0.0218. The van der Waals surface area contributed by atoms with E-state index in [1.54, 1.807) is 4.90 Å². The predicted octanol–water partition coefficient (Wildman–Crippen LogP) is 1.37. The molecule has 0 aromatic carbocycles. The Bertz CT molecular complexity index is 340. The SMILES string of the molecule is CC1CC(C(=O)O)CN(C(=O)CCOCC2CC2)C1. The topological polar surface area (TPSA) is 66.8 Å². The second-order valence-corrected chi connectivity index (χ2v) is 5.94. The van der Waals surface area contributed by atoms with Crippen molar-refractivity contribution < 1.29 is 19.4 Å². The molecule has 2 unspecified atom stereocenters. The molecule has 5 nitrogen and oxygen atoms in total. The first kappa shape index (κ1) is 14.3. The van der Waals surface area contributed by atoms with Gasteiger partial charge >= 0.3 is 5.97 Å². The molecule has 2 atom stereocenters. The number of amides is 1. The molecule has 1 amide bonds. The van der Waals surface area contributed by atoms with Gasteiger partial charge in [-0.3, -0.25) is 9.59 Å². The van der Waals surface area contributed by atoms with Crippen LogP contribution >= 0.6 is 0 Å². The van der Waals surface area contributed by atoms with E-state index in [1.807, 2.05) is 6.92 Å². The number of nitrogens with zero attached hydrogens (tertiary/aromatic N) is 1. The van der Waals surface area contributed by atoms with Gasteiger partial charge in [0.15, 0.2) is 0 Å². The van der Waals surface area contributed by atoms with Crippen molar-refractivity contribution in [2.24, 2.45) is 17.8 Å². The highest BCUT2D eigenvalue weighted by Gasteiger charge is 2.31. The van der Waals surface area contributed by atoms with Crippen molar-refractivity contribution in [3.05, 3.63) is 0 Å². The highest BCUT2D eigenvalue weighted by molar-refractivity contribution is 5.78. The van der Waals surface area contributed by atoms with E-state index in [0.717, 1.165) is 6.61 Å². The lowest BCUT2D eigenvalue weighted by Gasteiger charge is -2.34. The molecule has 1 heterocycles. The summed E-state index contributed by atoms with van der Waals surface area (Å²) in [6.07, 6.45) is 3.53. The maximum absolute atomic E-state index is 12.0. The van der Waals surface area contributed by atoms with Crippen LogP contribution in [0.4, 0.5) is 0 Å². The van der Waals surface area contributed by atoms with Crippen LogP contribution in [0.1, 0.15) is 32.6 Å². The quantitative estimate of drug-likeness (QED) is 0.740. The summed E-state index contributed by atoms with van der Waals surface area (Å²) in [6, 6.07) is 0. The first-order valence-corrected chi connectivity index (χ1v) is 7.14. The van der Waals surface area contributed by atoms with Crippen LogP contribution in [0.2, 0.25) is 0 Å². The van der Waals surface area contributed by atoms with E-state index in [2.05, 4.69) is 0 Å². The molecular formula is C14H23NO4. The van der Waals surface area contributed by atoms with Crippen molar-refractivity contribution in [2.45, 2.75) is 32.6 Å². The van der Waals surface area contributed by atoms with Crippen molar-refractivity contribution in [1.29, 1.82) is 0 Å². The van der Waals surface area contributed by atoms with Gasteiger partial charge in [-0.2, -0.15) is 0 Å². The highest BCUT2D eigenvalue weighted by Crippen LogP contribution is 2.28. The highest BCUT2D eigenvalue weighted by atomic mass is 16.5. The number of hydrogen-bond donors (Lipinski definition) is 1. The number of carboxylic acid groups (broad SMARTS) is 1. The van der Waals surface area contributed by atoms with Gasteiger partial charge in [0.25, 0.3) is 0 Å². The van der Waals surface area contributed by atoms with Crippen LogP contribution in [-0.2, 0) is 14.3 Å². The van der Waals surface area contributed by atoms with Gasteiger partial charge < -0.3 is 14.7 Å². The van der Waals surface area contributed by atoms with Crippen molar-refractivity contribution >= 4 is 11.9 Å². The van der Waals surface area contributed by atoms with E-state index in [4.69, 9.17) is 9.84 Å². The molecule has 108 valence electrons. The Morgan fingerprint density at radius 1 is 1.32 bits per heavy atom. The van der Waals surface area contributed by atoms with Gasteiger partial charge in [0.1, 0.15) is 0 Å². The Morgan fingerprint density at radius 3 is 2.68 bits per heavy atom. The number of rotatable bonds is 6. The fourth-order valence-electron chi connectivity index (χ4n) is 2.59. The zero-order valence-electron chi connectivity index (χ0n) is 11.5. The van der Waals surface area contributed by atoms with Gasteiger partial charge in [0, 0.05) is 19.7 Å². The monoisotopic (exact) mass is 269 g/mol. The smallest absolute Gasteiger partial charge is 0.308 e. The molecule has 0 spiro atoms. The summed E-state index contributed by atoms with van der Waals surface area (Å²) < 4.78 is 5.46. The Morgan fingerprint density at radius 2 is 2.05 bits per heavy atom. The molecule has 1 saturated carbocycles. The summed E-state index contributed by atoms with van der Waals surface area (Å²) in [5.41, 5.74) is 0. The summed E-state index contributed by atoms with van der Waals surface area (Å²) in [6.45, 7) is 4.24. The molecular weight excluding hydrogens is 246 g/mol. The molecule has 1 saturated heterocycles. The Kier molecular flexibility index (Phi) is 4.80. The van der Waals surface area contributed by atoms with Crippen LogP contribution < -0.4 is 0 Å². The van der Waals surface area contributed by atoms with E-state index >= 15 is 0 Å². The molecule has 0 bridgehead atoms. The van der Waals surface area contributed by atoms with Crippen LogP contribution in [0.15, 0.2) is 0 Å². The normalized spacial score (nSPS) is 27.3. The lowest BCUT2D eigenvalue weighted by molar-refractivity contribution is -0.147. The van der Waals surface area contributed by atoms with Gasteiger partial charge in [-0.05, 0) is 31.1 Å². The molecule has 1 aliphatic carbocycles. The van der Waals surface area contributed by atoms with E-state index in [0.29, 0.717) is 38.5 Å².